The van der Waals surface area contributed by atoms with Gasteiger partial charge in [0, 0.05) is 19.3 Å². The molecule has 0 aromatic heterocycles. The zero-order chi connectivity index (χ0) is 13.1. The Bertz CT molecular complexity index is 340. The van der Waals surface area contributed by atoms with Crippen LogP contribution in [-0.2, 0) is 0 Å². The zero-order valence-corrected chi connectivity index (χ0v) is 11.1. The lowest BCUT2D eigenvalue weighted by atomic mass is 10.1. The average molecular weight is 237 g/mol. The Labute approximate surface area is 104 Å². The minimum atomic E-state index is -0.712. The van der Waals surface area contributed by atoms with Crippen LogP contribution in [0.5, 0.6) is 0 Å². The van der Waals surface area contributed by atoms with Crippen LogP contribution in [0.15, 0.2) is 24.3 Å². The molecule has 0 unspecified atom stereocenters. The monoisotopic (exact) mass is 237 g/mol. The maximum atomic E-state index is 9.75. The van der Waals surface area contributed by atoms with Crippen LogP contribution in [0.3, 0.4) is 0 Å². The lowest BCUT2D eigenvalue weighted by molar-refractivity contribution is 0.0886. The number of hydrogen-bond donors (Lipinski definition) is 2. The van der Waals surface area contributed by atoms with E-state index in [1.165, 1.54) is 0 Å². The van der Waals surface area contributed by atoms with Gasteiger partial charge in [-0.15, -0.1) is 0 Å². The summed E-state index contributed by atoms with van der Waals surface area (Å²) in [5.74, 6) is 0. The van der Waals surface area contributed by atoms with Gasteiger partial charge in [0.2, 0.25) is 0 Å². The summed E-state index contributed by atoms with van der Waals surface area (Å²) in [6.07, 6.45) is 0.336. The third-order valence-corrected chi connectivity index (χ3v) is 2.73. The second kappa shape index (κ2) is 5.52. The fraction of sp³-hybridized carbons (Fsp3) is 0.571. The van der Waals surface area contributed by atoms with Crippen molar-refractivity contribution in [2.24, 2.45) is 0 Å². The minimum Gasteiger partial charge on any atom is -0.389 e. The van der Waals surface area contributed by atoms with E-state index in [9.17, 15) is 10.2 Å². The van der Waals surface area contributed by atoms with Crippen molar-refractivity contribution in [3.63, 3.8) is 0 Å². The van der Waals surface area contributed by atoms with Gasteiger partial charge in [-0.1, -0.05) is 19.1 Å². The van der Waals surface area contributed by atoms with E-state index in [2.05, 4.69) is 0 Å². The Kier molecular flexibility index (Phi) is 4.54. The van der Waals surface area contributed by atoms with Crippen LogP contribution in [0.4, 0.5) is 5.69 Å². The van der Waals surface area contributed by atoms with E-state index in [1.54, 1.807) is 13.8 Å². The van der Waals surface area contributed by atoms with Crippen LogP contribution in [0, 0.1) is 0 Å². The number of likely N-dealkylation sites (N-methyl/N-ethyl adjacent to an activating group) is 1. The summed E-state index contributed by atoms with van der Waals surface area (Å²) in [5.41, 5.74) is 1.27. The second-order valence-corrected chi connectivity index (χ2v) is 5.18. The maximum absolute atomic E-state index is 9.75. The molecule has 0 aliphatic carbocycles. The molecule has 96 valence electrons. The first kappa shape index (κ1) is 14.0. The Morgan fingerprint density at radius 3 is 2.18 bits per heavy atom. The van der Waals surface area contributed by atoms with Gasteiger partial charge >= 0.3 is 0 Å². The molecule has 0 saturated heterocycles. The predicted molar refractivity (Wildman–Crippen MR) is 71.3 cm³/mol. The van der Waals surface area contributed by atoms with Crippen molar-refractivity contribution >= 4 is 5.69 Å². The van der Waals surface area contributed by atoms with Crippen LogP contribution < -0.4 is 4.90 Å². The lowest BCUT2D eigenvalue weighted by Crippen LogP contribution is -2.36. The van der Waals surface area contributed by atoms with E-state index in [1.807, 2.05) is 43.1 Å². The maximum Gasteiger partial charge on any atom is 0.0787 e. The van der Waals surface area contributed by atoms with Gasteiger partial charge in [-0.2, -0.15) is 0 Å². The fourth-order valence-electron chi connectivity index (χ4n) is 1.86. The smallest absolute Gasteiger partial charge is 0.0787 e. The molecule has 0 fully saturated rings. The third kappa shape index (κ3) is 4.36. The molecule has 3 heteroatoms. The number of aliphatic hydroxyl groups excluding tert-OH is 1. The molecule has 3 nitrogen and oxygen atoms in total. The summed E-state index contributed by atoms with van der Waals surface area (Å²) in [5, 5.41) is 19.4. The average Bonchev–Trinajstić information content (AvgIpc) is 2.26. The molecule has 0 radical (unpaired) electrons. The summed E-state index contributed by atoms with van der Waals surface area (Å²) in [4.78, 5) is 2.00. The molecular formula is C14H23NO2. The highest BCUT2D eigenvalue weighted by molar-refractivity contribution is 5.47. The molecule has 0 amide bonds. The van der Waals surface area contributed by atoms with Gasteiger partial charge in [0.05, 0.1) is 11.7 Å². The highest BCUT2D eigenvalue weighted by Crippen LogP contribution is 2.21. The Hall–Kier alpha value is -1.06. The summed E-state index contributed by atoms with van der Waals surface area (Å²) >= 11 is 0. The Morgan fingerprint density at radius 1 is 1.24 bits per heavy atom. The molecule has 0 aliphatic heterocycles. The normalized spacial score (nSPS) is 13.5. The van der Waals surface area contributed by atoms with Crippen LogP contribution >= 0.6 is 0 Å². The quantitative estimate of drug-likeness (QED) is 0.826. The van der Waals surface area contributed by atoms with Crippen molar-refractivity contribution in [2.45, 2.75) is 38.9 Å². The topological polar surface area (TPSA) is 43.7 Å². The largest absolute Gasteiger partial charge is 0.389 e. The van der Waals surface area contributed by atoms with Gasteiger partial charge in [0.15, 0.2) is 0 Å². The van der Waals surface area contributed by atoms with E-state index in [0.29, 0.717) is 6.54 Å². The van der Waals surface area contributed by atoms with Crippen LogP contribution in [0.1, 0.15) is 38.9 Å². The summed E-state index contributed by atoms with van der Waals surface area (Å²) in [6, 6.07) is 7.81. The predicted octanol–water partition coefficient (Wildman–Crippen LogP) is 2.34. The zero-order valence-electron chi connectivity index (χ0n) is 11.1. The molecule has 0 bridgehead atoms. The SMILES string of the molecule is CC[C@H](O)c1ccc(N(C)CC(C)(C)O)cc1. The lowest BCUT2D eigenvalue weighted by Gasteiger charge is -2.27. The summed E-state index contributed by atoms with van der Waals surface area (Å²) in [7, 11) is 1.95. The van der Waals surface area contributed by atoms with Crippen molar-refractivity contribution in [2.75, 3.05) is 18.5 Å². The molecule has 0 saturated carbocycles. The number of anilines is 1. The van der Waals surface area contributed by atoms with E-state index in [0.717, 1.165) is 17.7 Å². The molecule has 1 atom stereocenters. The van der Waals surface area contributed by atoms with Crippen molar-refractivity contribution in [1.82, 2.24) is 0 Å². The van der Waals surface area contributed by atoms with Gasteiger partial charge in [-0.25, -0.2) is 0 Å². The van der Waals surface area contributed by atoms with Gasteiger partial charge in [-0.05, 0) is 38.0 Å². The van der Waals surface area contributed by atoms with E-state index < -0.39 is 5.60 Å². The highest BCUT2D eigenvalue weighted by Gasteiger charge is 2.16. The molecule has 1 aromatic carbocycles. The molecule has 0 aliphatic rings. The molecule has 0 heterocycles. The molecule has 2 N–H and O–H groups in total. The Balaban J connectivity index is 2.74. The van der Waals surface area contributed by atoms with E-state index in [4.69, 9.17) is 0 Å². The number of rotatable bonds is 5. The van der Waals surface area contributed by atoms with Crippen LogP contribution in [-0.4, -0.2) is 29.4 Å². The molecule has 1 aromatic rings. The first-order chi connectivity index (χ1) is 7.83. The van der Waals surface area contributed by atoms with Crippen molar-refractivity contribution < 1.29 is 10.2 Å². The summed E-state index contributed by atoms with van der Waals surface area (Å²) < 4.78 is 0. The van der Waals surface area contributed by atoms with Crippen molar-refractivity contribution in [1.29, 1.82) is 0 Å². The van der Waals surface area contributed by atoms with Crippen LogP contribution in [0.25, 0.3) is 0 Å². The number of benzene rings is 1. The number of nitrogens with zero attached hydrogens (tertiary/aromatic N) is 1. The molecule has 17 heavy (non-hydrogen) atoms. The molecule has 1 rings (SSSR count). The van der Waals surface area contributed by atoms with Gasteiger partial charge in [0.1, 0.15) is 0 Å². The van der Waals surface area contributed by atoms with E-state index in [-0.39, 0.29) is 6.10 Å². The summed E-state index contributed by atoms with van der Waals surface area (Å²) in [6.45, 7) is 6.11. The molecule has 0 spiro atoms. The standard InChI is InChI=1S/C14H23NO2/c1-5-13(16)11-6-8-12(9-7-11)15(4)10-14(2,3)17/h6-9,13,16-17H,5,10H2,1-4H3/t13-/m0/s1. The van der Waals surface area contributed by atoms with Gasteiger partial charge in [0.25, 0.3) is 0 Å². The number of hydrogen-bond acceptors (Lipinski definition) is 3. The van der Waals surface area contributed by atoms with Gasteiger partial charge < -0.3 is 15.1 Å². The third-order valence-electron chi connectivity index (χ3n) is 2.73. The first-order valence-corrected chi connectivity index (χ1v) is 6.05. The van der Waals surface area contributed by atoms with Gasteiger partial charge in [-0.3, -0.25) is 0 Å². The first-order valence-electron chi connectivity index (χ1n) is 6.05. The molecular weight excluding hydrogens is 214 g/mol. The Morgan fingerprint density at radius 2 is 1.76 bits per heavy atom. The highest BCUT2D eigenvalue weighted by atomic mass is 16.3. The number of aliphatic hydroxyl groups is 2. The minimum absolute atomic E-state index is 0.386. The van der Waals surface area contributed by atoms with Crippen LogP contribution in [0.2, 0.25) is 0 Å². The van der Waals surface area contributed by atoms with Crippen molar-refractivity contribution in [3.8, 4) is 0 Å². The van der Waals surface area contributed by atoms with Crippen molar-refractivity contribution in [3.05, 3.63) is 29.8 Å². The second-order valence-electron chi connectivity index (χ2n) is 5.18. The van der Waals surface area contributed by atoms with E-state index >= 15 is 0 Å². The fourth-order valence-corrected chi connectivity index (χ4v) is 1.86.